The molecule has 0 fully saturated rings. The van der Waals surface area contributed by atoms with Crippen LogP contribution in [0.5, 0.6) is 0 Å². The fourth-order valence-corrected chi connectivity index (χ4v) is 2.40. The quantitative estimate of drug-likeness (QED) is 0.422. The minimum atomic E-state index is -0.124. The number of allylic oxidation sites excluding steroid dienone is 2. The molecule has 3 N–H and O–H groups in total. The lowest BCUT2D eigenvalue weighted by atomic mass is 10.0. The van der Waals surface area contributed by atoms with Gasteiger partial charge >= 0.3 is 0 Å². The number of aryl methyl sites for hydroxylation is 1. The SMILES string of the molecule is CON=C(C(=N)OC)c1cc2cc(C)c1o[nH]n2C(C)=C(C)NOC. The molecule has 0 radical (unpaired) electrons. The van der Waals surface area contributed by atoms with Gasteiger partial charge in [0.15, 0.2) is 11.3 Å². The van der Waals surface area contributed by atoms with Crippen LogP contribution in [0.2, 0.25) is 0 Å². The highest BCUT2D eigenvalue weighted by Crippen LogP contribution is 2.23. The van der Waals surface area contributed by atoms with Crippen molar-refractivity contribution in [1.29, 1.82) is 5.41 Å². The maximum absolute atomic E-state index is 7.97. The van der Waals surface area contributed by atoms with Gasteiger partial charge in [0.1, 0.15) is 7.11 Å². The lowest BCUT2D eigenvalue weighted by molar-refractivity contribution is 0.118. The van der Waals surface area contributed by atoms with Gasteiger partial charge in [0, 0.05) is 0 Å². The molecule has 0 amide bonds. The zero-order valence-electron chi connectivity index (χ0n) is 15.2. The molecule has 3 aromatic rings. The largest absolute Gasteiger partial charge is 0.480 e. The smallest absolute Gasteiger partial charge is 0.236 e. The molecule has 2 heterocycles. The molecule has 2 bridgehead atoms. The number of rotatable bonds is 6. The number of benzene rings is 1. The Morgan fingerprint density at radius 2 is 2.00 bits per heavy atom. The normalized spacial score (nSPS) is 12.8. The first-order valence-electron chi connectivity index (χ1n) is 7.52. The zero-order valence-corrected chi connectivity index (χ0v) is 15.2. The van der Waals surface area contributed by atoms with E-state index in [1.807, 2.05) is 32.9 Å². The number of hydrogen-bond donors (Lipinski definition) is 3. The van der Waals surface area contributed by atoms with Crippen molar-refractivity contribution in [2.75, 3.05) is 21.3 Å². The minimum Gasteiger partial charge on any atom is -0.480 e. The van der Waals surface area contributed by atoms with Crippen LogP contribution in [-0.4, -0.2) is 42.9 Å². The monoisotopic (exact) mass is 349 g/mol. The molecule has 0 aliphatic heterocycles. The summed E-state index contributed by atoms with van der Waals surface area (Å²) >= 11 is 0. The number of fused-ring (bicyclic) bond motifs is 4. The van der Waals surface area contributed by atoms with Crippen molar-refractivity contribution >= 4 is 28.4 Å². The maximum Gasteiger partial charge on any atom is 0.236 e. The Labute approximate surface area is 145 Å². The van der Waals surface area contributed by atoms with Crippen LogP contribution in [0.1, 0.15) is 25.0 Å². The first-order valence-corrected chi connectivity index (χ1v) is 7.52. The Kier molecular flexibility index (Phi) is 5.71. The fourth-order valence-electron chi connectivity index (χ4n) is 2.40. The van der Waals surface area contributed by atoms with Crippen LogP contribution in [0.4, 0.5) is 0 Å². The van der Waals surface area contributed by atoms with E-state index in [4.69, 9.17) is 24.3 Å². The van der Waals surface area contributed by atoms with E-state index >= 15 is 0 Å². The van der Waals surface area contributed by atoms with Crippen LogP contribution in [0.15, 0.2) is 27.5 Å². The molecule has 0 atom stereocenters. The molecule has 2 aromatic heterocycles. The van der Waals surface area contributed by atoms with Crippen LogP contribution in [-0.2, 0) is 14.4 Å². The van der Waals surface area contributed by atoms with Crippen LogP contribution in [0.3, 0.4) is 0 Å². The second-order valence-electron chi connectivity index (χ2n) is 5.34. The summed E-state index contributed by atoms with van der Waals surface area (Å²) in [6.07, 6.45) is 0. The summed E-state index contributed by atoms with van der Waals surface area (Å²) in [6.45, 7) is 5.70. The summed E-state index contributed by atoms with van der Waals surface area (Å²) in [5.74, 6) is -0.124. The topological polar surface area (TPSA) is 110 Å². The van der Waals surface area contributed by atoms with E-state index in [1.165, 1.54) is 14.2 Å². The van der Waals surface area contributed by atoms with Gasteiger partial charge in [0.2, 0.25) is 5.90 Å². The van der Waals surface area contributed by atoms with Gasteiger partial charge in [-0.15, -0.1) is 0 Å². The molecule has 0 aliphatic carbocycles. The zero-order chi connectivity index (χ0) is 18.6. The van der Waals surface area contributed by atoms with E-state index < -0.39 is 0 Å². The van der Waals surface area contributed by atoms with Crippen molar-refractivity contribution in [3.8, 4) is 0 Å². The standard InChI is InChI=1S/C16H23N5O4/c1-9-7-12-8-13(14(19-24-6)16(17)22-4)15(9)25-20-21(12)11(3)10(2)18-23-5/h7-8,17-18,20H,1-6H3. The van der Waals surface area contributed by atoms with Gasteiger partial charge in [-0.2, -0.15) is 5.27 Å². The number of aromatic nitrogens is 2. The third-order valence-corrected chi connectivity index (χ3v) is 3.75. The van der Waals surface area contributed by atoms with Crippen LogP contribution < -0.4 is 5.48 Å². The van der Waals surface area contributed by atoms with Gasteiger partial charge < -0.3 is 14.1 Å². The van der Waals surface area contributed by atoms with E-state index in [-0.39, 0.29) is 11.6 Å². The van der Waals surface area contributed by atoms with E-state index in [9.17, 15) is 0 Å². The van der Waals surface area contributed by atoms with Gasteiger partial charge in [-0.05, 0) is 38.5 Å². The summed E-state index contributed by atoms with van der Waals surface area (Å²) in [6, 6.07) is 3.81. The number of aromatic amines is 1. The molecule has 136 valence electrons. The Morgan fingerprint density at radius 3 is 2.60 bits per heavy atom. The molecule has 1 aromatic carbocycles. The second kappa shape index (κ2) is 7.75. The van der Waals surface area contributed by atoms with Crippen molar-refractivity contribution in [3.05, 3.63) is 29.0 Å². The third-order valence-electron chi connectivity index (χ3n) is 3.75. The lowest BCUT2D eigenvalue weighted by Crippen LogP contribution is -2.17. The van der Waals surface area contributed by atoms with Gasteiger partial charge in [0.05, 0.1) is 36.7 Å². The molecule has 0 spiro atoms. The van der Waals surface area contributed by atoms with E-state index in [0.717, 1.165) is 22.5 Å². The number of H-pyrrole nitrogens is 1. The minimum absolute atomic E-state index is 0.124. The molecule has 9 heteroatoms. The van der Waals surface area contributed by atoms with E-state index in [2.05, 4.69) is 15.9 Å². The van der Waals surface area contributed by atoms with Crippen molar-refractivity contribution in [1.82, 2.24) is 15.4 Å². The van der Waals surface area contributed by atoms with Crippen LogP contribution in [0, 0.1) is 12.3 Å². The average molecular weight is 349 g/mol. The molecule has 3 rings (SSSR count). The third kappa shape index (κ3) is 3.61. The highest BCUT2D eigenvalue weighted by Gasteiger charge is 2.20. The van der Waals surface area contributed by atoms with Gasteiger partial charge in [-0.3, -0.25) is 15.7 Å². The highest BCUT2D eigenvalue weighted by atomic mass is 16.6. The number of hydroxylamine groups is 1. The number of nitrogens with zero attached hydrogens (tertiary/aromatic N) is 2. The summed E-state index contributed by atoms with van der Waals surface area (Å²) in [5, 5.41) is 14.8. The molecular weight excluding hydrogens is 326 g/mol. The number of hydrogen-bond acceptors (Lipinski definition) is 7. The average Bonchev–Trinajstić information content (AvgIpc) is 2.87. The van der Waals surface area contributed by atoms with Crippen molar-refractivity contribution < 1.29 is 18.9 Å². The van der Waals surface area contributed by atoms with Crippen molar-refractivity contribution in [2.24, 2.45) is 5.16 Å². The van der Waals surface area contributed by atoms with Crippen LogP contribution in [0.25, 0.3) is 16.8 Å². The van der Waals surface area contributed by atoms with Crippen molar-refractivity contribution in [2.45, 2.75) is 20.8 Å². The first kappa shape index (κ1) is 18.4. The maximum atomic E-state index is 7.97. The highest BCUT2D eigenvalue weighted by molar-refractivity contribution is 6.45. The number of nitrogens with one attached hydrogen (secondary N) is 3. The summed E-state index contributed by atoms with van der Waals surface area (Å²) in [5.41, 5.74) is 7.48. The Morgan fingerprint density at radius 1 is 1.28 bits per heavy atom. The molecule has 0 saturated carbocycles. The van der Waals surface area contributed by atoms with E-state index in [0.29, 0.717) is 11.1 Å². The predicted octanol–water partition coefficient (Wildman–Crippen LogP) is 2.77. The summed E-state index contributed by atoms with van der Waals surface area (Å²) in [4.78, 5) is 9.82. The molecule has 0 unspecified atom stereocenters. The van der Waals surface area contributed by atoms with E-state index in [1.54, 1.807) is 11.8 Å². The number of methoxy groups -OCH3 is 1. The van der Waals surface area contributed by atoms with Gasteiger partial charge in [0.25, 0.3) is 0 Å². The summed E-state index contributed by atoms with van der Waals surface area (Å²) < 4.78 is 12.5. The number of ether oxygens (including phenoxy) is 1. The van der Waals surface area contributed by atoms with Gasteiger partial charge in [-0.25, -0.2) is 4.68 Å². The van der Waals surface area contributed by atoms with Crippen molar-refractivity contribution in [3.63, 3.8) is 0 Å². The van der Waals surface area contributed by atoms with Crippen LogP contribution >= 0.6 is 0 Å². The number of oxime groups is 1. The molecule has 0 aliphatic rings. The first-order chi connectivity index (χ1) is 11.9. The van der Waals surface area contributed by atoms with Gasteiger partial charge in [-0.1, -0.05) is 5.16 Å². The molecule has 0 saturated heterocycles. The molecular formula is C16H23N5O4. The Hall–Kier alpha value is -2.94. The predicted molar refractivity (Wildman–Crippen MR) is 95.1 cm³/mol. The molecule has 25 heavy (non-hydrogen) atoms. The Balaban J connectivity index is 2.74. The molecule has 9 nitrogen and oxygen atoms in total. The second-order valence-corrected chi connectivity index (χ2v) is 5.34. The lowest BCUT2D eigenvalue weighted by Gasteiger charge is -2.11. The summed E-state index contributed by atoms with van der Waals surface area (Å²) in [7, 11) is 4.36. The Bertz CT molecular complexity index is 854. The fraction of sp³-hybridized carbons (Fsp3) is 0.375.